The number of hydrogen-bond acceptors (Lipinski definition) is 7. The molecule has 0 bridgehead atoms. The normalized spacial score (nSPS) is 16.2. The van der Waals surface area contributed by atoms with E-state index in [0.717, 1.165) is 61.1 Å². The molecule has 7 nitrogen and oxygen atoms in total. The summed E-state index contributed by atoms with van der Waals surface area (Å²) in [6, 6.07) is 19.1. The third kappa shape index (κ3) is 5.11. The third-order valence-electron chi connectivity index (χ3n) is 5.93. The number of benzene rings is 2. The molecule has 0 spiro atoms. The number of piperidine rings is 1. The van der Waals surface area contributed by atoms with E-state index in [2.05, 4.69) is 50.8 Å². The topological polar surface area (TPSA) is 71.5 Å². The van der Waals surface area contributed by atoms with Crippen molar-refractivity contribution in [3.05, 3.63) is 71.4 Å². The van der Waals surface area contributed by atoms with E-state index < -0.39 is 0 Å². The Kier molecular flexibility index (Phi) is 6.07. The van der Waals surface area contributed by atoms with Crippen molar-refractivity contribution >= 4 is 11.8 Å². The molecule has 3 heterocycles. The van der Waals surface area contributed by atoms with Gasteiger partial charge in [0.05, 0.1) is 0 Å². The van der Waals surface area contributed by atoms with Crippen LogP contribution in [0.15, 0.2) is 54.6 Å². The van der Waals surface area contributed by atoms with Crippen molar-refractivity contribution in [1.82, 2.24) is 14.9 Å². The van der Waals surface area contributed by atoms with Gasteiger partial charge in [-0.3, -0.25) is 4.90 Å². The number of aryl methyl sites for hydroxylation is 1. The maximum absolute atomic E-state index is 5.46. The molecular formula is C25H29N5O2. The first-order chi connectivity index (χ1) is 15.7. The third-order valence-corrected chi connectivity index (χ3v) is 5.93. The average molecular weight is 432 g/mol. The second kappa shape index (κ2) is 9.44. The van der Waals surface area contributed by atoms with Gasteiger partial charge in [-0.05, 0) is 43.0 Å². The lowest BCUT2D eigenvalue weighted by atomic mass is 10.0. The van der Waals surface area contributed by atoms with Crippen LogP contribution in [0.1, 0.15) is 29.7 Å². The van der Waals surface area contributed by atoms with E-state index >= 15 is 0 Å². The van der Waals surface area contributed by atoms with Crippen LogP contribution in [0.4, 0.5) is 11.8 Å². The van der Waals surface area contributed by atoms with Crippen LogP contribution in [-0.4, -0.2) is 40.8 Å². The molecule has 1 aromatic heterocycles. The fraction of sp³-hybridized carbons (Fsp3) is 0.360. The Balaban J connectivity index is 1.15. The van der Waals surface area contributed by atoms with Gasteiger partial charge in [0.25, 0.3) is 0 Å². The van der Waals surface area contributed by atoms with Gasteiger partial charge in [0.1, 0.15) is 5.82 Å². The molecule has 3 aromatic rings. The average Bonchev–Trinajstić information content (AvgIpc) is 3.27. The minimum absolute atomic E-state index is 0.285. The van der Waals surface area contributed by atoms with Gasteiger partial charge in [-0.1, -0.05) is 36.4 Å². The second-order valence-electron chi connectivity index (χ2n) is 8.44. The molecule has 2 N–H and O–H groups in total. The molecule has 1 fully saturated rings. The van der Waals surface area contributed by atoms with Gasteiger partial charge in [-0.15, -0.1) is 0 Å². The Labute approximate surface area is 188 Å². The number of fused-ring (bicyclic) bond motifs is 1. The molecule has 0 unspecified atom stereocenters. The zero-order valence-electron chi connectivity index (χ0n) is 18.4. The van der Waals surface area contributed by atoms with Crippen LogP contribution in [-0.2, 0) is 13.1 Å². The lowest BCUT2D eigenvalue weighted by molar-refractivity contribution is 0.174. The smallest absolute Gasteiger partial charge is 0.231 e. The molecule has 5 rings (SSSR count). The van der Waals surface area contributed by atoms with Crippen LogP contribution in [0, 0.1) is 6.92 Å². The van der Waals surface area contributed by atoms with E-state index in [1.165, 1.54) is 5.56 Å². The Morgan fingerprint density at radius 3 is 2.59 bits per heavy atom. The zero-order valence-corrected chi connectivity index (χ0v) is 18.4. The van der Waals surface area contributed by atoms with E-state index in [9.17, 15) is 0 Å². The van der Waals surface area contributed by atoms with E-state index in [1.807, 2.05) is 31.2 Å². The monoisotopic (exact) mass is 431 g/mol. The number of nitrogens with zero attached hydrogens (tertiary/aromatic N) is 3. The van der Waals surface area contributed by atoms with Crippen molar-refractivity contribution in [2.75, 3.05) is 30.5 Å². The van der Waals surface area contributed by atoms with Crippen molar-refractivity contribution in [3.8, 4) is 11.5 Å². The maximum Gasteiger partial charge on any atom is 0.231 e. The van der Waals surface area contributed by atoms with E-state index in [0.29, 0.717) is 18.5 Å². The summed E-state index contributed by atoms with van der Waals surface area (Å²) < 4.78 is 10.8. The minimum atomic E-state index is 0.285. The summed E-state index contributed by atoms with van der Waals surface area (Å²) in [7, 11) is 0. The maximum atomic E-state index is 5.46. The molecule has 2 aromatic carbocycles. The van der Waals surface area contributed by atoms with Crippen LogP contribution in [0.2, 0.25) is 0 Å². The second-order valence-corrected chi connectivity index (χ2v) is 8.44. The molecular weight excluding hydrogens is 402 g/mol. The van der Waals surface area contributed by atoms with Crippen molar-refractivity contribution in [1.29, 1.82) is 0 Å². The summed E-state index contributed by atoms with van der Waals surface area (Å²) in [5, 5.41) is 6.96. The first-order valence-corrected chi connectivity index (χ1v) is 11.2. The van der Waals surface area contributed by atoms with Crippen molar-refractivity contribution in [2.24, 2.45) is 0 Å². The lowest BCUT2D eigenvalue weighted by Crippen LogP contribution is -2.38. The quantitative estimate of drug-likeness (QED) is 0.581. The first kappa shape index (κ1) is 20.6. The molecule has 0 amide bonds. The molecule has 0 atom stereocenters. The van der Waals surface area contributed by atoms with Crippen LogP contribution in [0.25, 0.3) is 0 Å². The Bertz CT molecular complexity index is 1050. The Morgan fingerprint density at radius 1 is 0.938 bits per heavy atom. The van der Waals surface area contributed by atoms with Gasteiger partial charge in [0, 0.05) is 44.0 Å². The summed E-state index contributed by atoms with van der Waals surface area (Å²) >= 11 is 0. The van der Waals surface area contributed by atoms with Crippen molar-refractivity contribution in [3.63, 3.8) is 0 Å². The van der Waals surface area contributed by atoms with Crippen molar-refractivity contribution < 1.29 is 9.47 Å². The van der Waals surface area contributed by atoms with E-state index in [1.54, 1.807) is 0 Å². The summed E-state index contributed by atoms with van der Waals surface area (Å²) in [5.74, 6) is 3.09. The first-order valence-electron chi connectivity index (χ1n) is 11.2. The van der Waals surface area contributed by atoms with Gasteiger partial charge < -0.3 is 20.1 Å². The molecule has 2 aliphatic rings. The predicted octanol–water partition coefficient (Wildman–Crippen LogP) is 4.20. The summed E-state index contributed by atoms with van der Waals surface area (Å²) in [4.78, 5) is 11.8. The highest BCUT2D eigenvalue weighted by Gasteiger charge is 2.20. The van der Waals surface area contributed by atoms with Gasteiger partial charge >= 0.3 is 0 Å². The Hall–Kier alpha value is -3.32. The highest BCUT2D eigenvalue weighted by Crippen LogP contribution is 2.32. The largest absolute Gasteiger partial charge is 0.454 e. The minimum Gasteiger partial charge on any atom is -0.454 e. The van der Waals surface area contributed by atoms with E-state index in [4.69, 9.17) is 14.5 Å². The molecule has 1 saturated heterocycles. The van der Waals surface area contributed by atoms with Gasteiger partial charge in [0.2, 0.25) is 12.7 Å². The summed E-state index contributed by atoms with van der Waals surface area (Å²) in [6.45, 7) is 6.11. The standard InChI is InChI=1S/C25H29N5O2/c1-18-13-24(28-21-9-11-30(12-10-21)16-19-5-3-2-4-6-19)29-25(27-18)26-15-20-7-8-22-23(14-20)32-17-31-22/h2-8,13-14,21H,9-12,15-17H2,1H3,(H2,26,27,28,29). The SMILES string of the molecule is Cc1cc(NC2CCN(Cc3ccccc3)CC2)nc(NCc2ccc3c(c2)OCO3)n1. The molecule has 7 heteroatoms. The van der Waals surface area contributed by atoms with Crippen LogP contribution >= 0.6 is 0 Å². The number of nitrogens with one attached hydrogen (secondary N) is 2. The summed E-state index contributed by atoms with van der Waals surface area (Å²) in [5.41, 5.74) is 3.42. The van der Waals surface area contributed by atoms with Gasteiger partial charge in [0.15, 0.2) is 11.5 Å². The molecule has 32 heavy (non-hydrogen) atoms. The number of anilines is 2. The zero-order chi connectivity index (χ0) is 21.8. The number of likely N-dealkylation sites (tertiary alicyclic amines) is 1. The summed E-state index contributed by atoms with van der Waals surface area (Å²) in [6.07, 6.45) is 2.21. The lowest BCUT2D eigenvalue weighted by Gasteiger charge is -2.32. The van der Waals surface area contributed by atoms with E-state index in [-0.39, 0.29) is 6.79 Å². The highest BCUT2D eigenvalue weighted by atomic mass is 16.7. The Morgan fingerprint density at radius 2 is 1.75 bits per heavy atom. The number of aromatic nitrogens is 2. The van der Waals surface area contributed by atoms with Gasteiger partial charge in [-0.25, -0.2) is 4.98 Å². The molecule has 2 aliphatic heterocycles. The molecule has 166 valence electrons. The molecule has 0 radical (unpaired) electrons. The van der Waals surface area contributed by atoms with Crippen LogP contribution in [0.3, 0.4) is 0 Å². The fourth-order valence-corrected chi connectivity index (χ4v) is 4.24. The van der Waals surface area contributed by atoms with Crippen LogP contribution < -0.4 is 20.1 Å². The van der Waals surface area contributed by atoms with Crippen LogP contribution in [0.5, 0.6) is 11.5 Å². The molecule has 0 saturated carbocycles. The van der Waals surface area contributed by atoms with Gasteiger partial charge in [-0.2, -0.15) is 4.98 Å². The van der Waals surface area contributed by atoms with Crippen molar-refractivity contribution in [2.45, 2.75) is 38.9 Å². The number of ether oxygens (including phenoxy) is 2. The fourth-order valence-electron chi connectivity index (χ4n) is 4.24. The highest BCUT2D eigenvalue weighted by molar-refractivity contribution is 5.46. The number of rotatable bonds is 7. The molecule has 0 aliphatic carbocycles. The predicted molar refractivity (Wildman–Crippen MR) is 125 cm³/mol. The number of hydrogen-bond donors (Lipinski definition) is 2.